The van der Waals surface area contributed by atoms with Crippen molar-refractivity contribution >= 4 is 0 Å². The van der Waals surface area contributed by atoms with Crippen molar-refractivity contribution in [1.82, 2.24) is 9.97 Å². The monoisotopic (exact) mass is 384 g/mol. The van der Waals surface area contributed by atoms with Gasteiger partial charge in [-0.2, -0.15) is 0 Å². The van der Waals surface area contributed by atoms with Gasteiger partial charge in [0.1, 0.15) is 5.75 Å². The van der Waals surface area contributed by atoms with Gasteiger partial charge < -0.3 is 9.47 Å². The summed E-state index contributed by atoms with van der Waals surface area (Å²) in [4.78, 5) is 8.97. The maximum Gasteiger partial charge on any atom is 0.159 e. The van der Waals surface area contributed by atoms with Crippen LogP contribution in [0, 0.1) is 5.92 Å². The third kappa shape index (κ3) is 8.39. The second-order valence-electron chi connectivity index (χ2n) is 7.56. The van der Waals surface area contributed by atoms with Gasteiger partial charge in [0.15, 0.2) is 5.82 Å². The van der Waals surface area contributed by atoms with E-state index in [1.165, 1.54) is 32.1 Å². The minimum atomic E-state index is 0.580. The molecule has 0 aliphatic heterocycles. The van der Waals surface area contributed by atoms with Crippen LogP contribution in [0.3, 0.4) is 0 Å². The molecular formula is C24H36N2O2. The van der Waals surface area contributed by atoms with E-state index < -0.39 is 0 Å². The van der Waals surface area contributed by atoms with E-state index in [1.807, 2.05) is 36.7 Å². The van der Waals surface area contributed by atoms with Crippen LogP contribution in [0.25, 0.3) is 11.4 Å². The summed E-state index contributed by atoms with van der Waals surface area (Å²) < 4.78 is 11.5. The molecule has 0 aliphatic carbocycles. The average molecular weight is 385 g/mol. The number of benzene rings is 1. The molecule has 1 heterocycles. The van der Waals surface area contributed by atoms with E-state index in [2.05, 4.69) is 30.7 Å². The van der Waals surface area contributed by atoms with Crippen molar-refractivity contribution in [2.24, 2.45) is 5.92 Å². The summed E-state index contributed by atoms with van der Waals surface area (Å²) in [6.07, 6.45) is 12.3. The molecule has 1 atom stereocenters. The smallest absolute Gasteiger partial charge is 0.159 e. The first kappa shape index (κ1) is 22.4. The zero-order valence-electron chi connectivity index (χ0n) is 17.8. The lowest BCUT2D eigenvalue weighted by Gasteiger charge is -2.10. The highest BCUT2D eigenvalue weighted by molar-refractivity contribution is 5.55. The van der Waals surface area contributed by atoms with E-state index in [-0.39, 0.29) is 0 Å². The number of ether oxygens (including phenoxy) is 2. The summed E-state index contributed by atoms with van der Waals surface area (Å²) in [6, 6.07) is 8.01. The van der Waals surface area contributed by atoms with Gasteiger partial charge >= 0.3 is 0 Å². The van der Waals surface area contributed by atoms with Gasteiger partial charge in [0.05, 0.1) is 13.2 Å². The van der Waals surface area contributed by atoms with Gasteiger partial charge in [-0.15, -0.1) is 0 Å². The Kier molecular flexibility index (Phi) is 10.6. The lowest BCUT2D eigenvalue weighted by Crippen LogP contribution is -2.03. The predicted molar refractivity (Wildman–Crippen MR) is 115 cm³/mol. The molecule has 28 heavy (non-hydrogen) atoms. The van der Waals surface area contributed by atoms with Gasteiger partial charge in [-0.3, -0.25) is 0 Å². The van der Waals surface area contributed by atoms with Gasteiger partial charge in [0.25, 0.3) is 0 Å². The Morgan fingerprint density at radius 1 is 0.893 bits per heavy atom. The van der Waals surface area contributed by atoms with Crippen molar-refractivity contribution in [3.05, 3.63) is 42.2 Å². The molecule has 1 unspecified atom stereocenters. The molecule has 0 spiro atoms. The van der Waals surface area contributed by atoms with Gasteiger partial charge in [0.2, 0.25) is 0 Å². The number of nitrogens with zero attached hydrogens (tertiary/aromatic N) is 2. The third-order valence-corrected chi connectivity index (χ3v) is 5.06. The molecule has 0 aliphatic rings. The van der Waals surface area contributed by atoms with E-state index in [0.717, 1.165) is 48.8 Å². The highest BCUT2D eigenvalue weighted by Gasteiger charge is 2.04. The Balaban J connectivity index is 1.73. The predicted octanol–water partition coefficient (Wildman–Crippen LogP) is 6.45. The number of unbranched alkanes of at least 4 members (excludes halogenated alkanes) is 4. The molecular weight excluding hydrogens is 348 g/mol. The van der Waals surface area contributed by atoms with Crippen LogP contribution in [0.1, 0.15) is 71.3 Å². The Labute approximate surface area is 170 Å². The maximum atomic E-state index is 5.82. The SMILES string of the molecule is CCCCCCCOCc1cnc(-c2ccc(OCCC(C)CC)cc2)nc1. The second kappa shape index (κ2) is 13.3. The fourth-order valence-corrected chi connectivity index (χ4v) is 2.86. The van der Waals surface area contributed by atoms with Crippen molar-refractivity contribution in [1.29, 1.82) is 0 Å². The van der Waals surface area contributed by atoms with Crippen molar-refractivity contribution in [3.63, 3.8) is 0 Å². The number of rotatable bonds is 14. The second-order valence-corrected chi connectivity index (χ2v) is 7.56. The lowest BCUT2D eigenvalue weighted by atomic mass is 10.1. The Bertz CT molecular complexity index is 641. The van der Waals surface area contributed by atoms with Crippen molar-refractivity contribution in [3.8, 4) is 17.1 Å². The molecule has 154 valence electrons. The Morgan fingerprint density at radius 2 is 1.61 bits per heavy atom. The van der Waals surface area contributed by atoms with Crippen LogP contribution in [0.5, 0.6) is 5.75 Å². The topological polar surface area (TPSA) is 44.2 Å². The molecule has 0 N–H and O–H groups in total. The fourth-order valence-electron chi connectivity index (χ4n) is 2.86. The van der Waals surface area contributed by atoms with Crippen LogP contribution in [-0.4, -0.2) is 23.2 Å². The number of aromatic nitrogens is 2. The molecule has 0 amide bonds. The van der Waals surface area contributed by atoms with E-state index in [1.54, 1.807) is 0 Å². The van der Waals surface area contributed by atoms with Crippen LogP contribution in [0.2, 0.25) is 0 Å². The zero-order chi connectivity index (χ0) is 20.0. The summed E-state index contributed by atoms with van der Waals surface area (Å²) >= 11 is 0. The quantitative estimate of drug-likeness (QED) is 0.351. The molecule has 0 radical (unpaired) electrons. The van der Waals surface area contributed by atoms with E-state index in [4.69, 9.17) is 9.47 Å². The molecule has 4 nitrogen and oxygen atoms in total. The van der Waals surface area contributed by atoms with E-state index >= 15 is 0 Å². The summed E-state index contributed by atoms with van der Waals surface area (Å²) in [5.74, 6) is 2.33. The van der Waals surface area contributed by atoms with Gasteiger partial charge in [-0.25, -0.2) is 9.97 Å². The molecule has 1 aromatic heterocycles. The largest absolute Gasteiger partial charge is 0.494 e. The zero-order valence-corrected chi connectivity index (χ0v) is 17.8. The van der Waals surface area contributed by atoms with Gasteiger partial charge in [-0.1, -0.05) is 52.9 Å². The summed E-state index contributed by atoms with van der Waals surface area (Å²) in [6.45, 7) is 8.86. The van der Waals surface area contributed by atoms with Gasteiger partial charge in [-0.05, 0) is 43.0 Å². The first-order chi connectivity index (χ1) is 13.7. The maximum absolute atomic E-state index is 5.82. The Hall–Kier alpha value is -1.94. The lowest BCUT2D eigenvalue weighted by molar-refractivity contribution is 0.116. The van der Waals surface area contributed by atoms with Crippen molar-refractivity contribution in [2.75, 3.05) is 13.2 Å². The van der Waals surface area contributed by atoms with Crippen LogP contribution in [0.15, 0.2) is 36.7 Å². The average Bonchev–Trinajstić information content (AvgIpc) is 2.74. The van der Waals surface area contributed by atoms with E-state index in [0.29, 0.717) is 12.5 Å². The molecule has 0 fully saturated rings. The number of hydrogen-bond acceptors (Lipinski definition) is 4. The van der Waals surface area contributed by atoms with Crippen molar-refractivity contribution < 1.29 is 9.47 Å². The fraction of sp³-hybridized carbons (Fsp3) is 0.583. The van der Waals surface area contributed by atoms with Crippen LogP contribution in [-0.2, 0) is 11.3 Å². The highest BCUT2D eigenvalue weighted by atomic mass is 16.5. The van der Waals surface area contributed by atoms with E-state index in [9.17, 15) is 0 Å². The molecule has 0 bridgehead atoms. The van der Waals surface area contributed by atoms with Crippen LogP contribution < -0.4 is 4.74 Å². The summed E-state index contributed by atoms with van der Waals surface area (Å²) in [5.41, 5.74) is 2.01. The number of hydrogen-bond donors (Lipinski definition) is 0. The van der Waals surface area contributed by atoms with Crippen LogP contribution >= 0.6 is 0 Å². The standard InChI is InChI=1S/C24H36N2O2/c1-4-6-7-8-9-15-27-19-21-17-25-24(26-18-21)22-10-12-23(13-11-22)28-16-14-20(3)5-2/h10-13,17-18,20H,4-9,14-16,19H2,1-3H3. The minimum absolute atomic E-state index is 0.580. The highest BCUT2D eigenvalue weighted by Crippen LogP contribution is 2.20. The summed E-state index contributed by atoms with van der Waals surface area (Å²) in [5, 5.41) is 0. The van der Waals surface area contributed by atoms with Gasteiger partial charge in [0, 0.05) is 30.1 Å². The molecule has 1 aromatic carbocycles. The molecule has 2 aromatic rings. The first-order valence-corrected chi connectivity index (χ1v) is 10.8. The molecule has 2 rings (SSSR count). The minimum Gasteiger partial charge on any atom is -0.494 e. The molecule has 4 heteroatoms. The molecule has 0 saturated heterocycles. The summed E-state index contributed by atoms with van der Waals surface area (Å²) in [7, 11) is 0. The third-order valence-electron chi connectivity index (χ3n) is 5.06. The van der Waals surface area contributed by atoms with Crippen LogP contribution in [0.4, 0.5) is 0 Å². The molecule has 0 saturated carbocycles. The normalized spacial score (nSPS) is 12.1. The van der Waals surface area contributed by atoms with Crippen molar-refractivity contribution in [2.45, 2.75) is 72.3 Å². The Morgan fingerprint density at radius 3 is 2.29 bits per heavy atom. The first-order valence-electron chi connectivity index (χ1n) is 10.8.